The molecule has 0 saturated heterocycles. The highest BCUT2D eigenvalue weighted by Gasteiger charge is 2.21. The van der Waals surface area contributed by atoms with Crippen LogP contribution in [0.15, 0.2) is 48.5 Å². The molecule has 138 valence electrons. The number of para-hydroxylation sites is 1. The third kappa shape index (κ3) is 5.13. The van der Waals surface area contributed by atoms with Gasteiger partial charge in [0.1, 0.15) is 5.82 Å². The zero-order valence-corrected chi connectivity index (χ0v) is 15.2. The first-order valence-electron chi connectivity index (χ1n) is 7.81. The van der Waals surface area contributed by atoms with Gasteiger partial charge in [0.2, 0.25) is 15.9 Å². The number of amides is 1. The Kier molecular flexibility index (Phi) is 6.10. The summed E-state index contributed by atoms with van der Waals surface area (Å²) in [5.74, 6) is -1.19. The molecule has 1 N–H and O–H groups in total. The van der Waals surface area contributed by atoms with Crippen molar-refractivity contribution in [3.63, 3.8) is 0 Å². The monoisotopic (exact) mass is 378 g/mol. The largest absolute Gasteiger partial charge is 0.326 e. The maximum atomic E-state index is 13.9. The molecule has 2 rings (SSSR count). The second-order valence-corrected chi connectivity index (χ2v) is 7.63. The number of hydrogen-bond donors (Lipinski definition) is 1. The number of carbonyl (C=O) groups excluding carboxylic acids is 2. The zero-order valence-electron chi connectivity index (χ0n) is 14.4. The van der Waals surface area contributed by atoms with Crippen molar-refractivity contribution in [2.45, 2.75) is 13.3 Å². The second kappa shape index (κ2) is 8.09. The van der Waals surface area contributed by atoms with E-state index >= 15 is 0 Å². The molecule has 2 aromatic carbocycles. The molecule has 0 bridgehead atoms. The summed E-state index contributed by atoms with van der Waals surface area (Å²) in [6.45, 7) is 1.24. The summed E-state index contributed by atoms with van der Waals surface area (Å²) < 4.78 is 38.7. The summed E-state index contributed by atoms with van der Waals surface area (Å²) in [7, 11) is -3.75. The number of rotatable bonds is 7. The summed E-state index contributed by atoms with van der Waals surface area (Å²) in [4.78, 5) is 23.3. The molecule has 8 heteroatoms. The van der Waals surface area contributed by atoms with Crippen LogP contribution in [0, 0.1) is 5.82 Å². The Morgan fingerprint density at radius 2 is 1.69 bits per heavy atom. The van der Waals surface area contributed by atoms with Gasteiger partial charge >= 0.3 is 0 Å². The Balaban J connectivity index is 2.05. The number of ketones is 1. The minimum atomic E-state index is -3.75. The number of hydrogen-bond acceptors (Lipinski definition) is 4. The molecule has 0 saturated carbocycles. The van der Waals surface area contributed by atoms with Crippen molar-refractivity contribution in [2.24, 2.45) is 0 Å². The predicted molar refractivity (Wildman–Crippen MR) is 98.3 cm³/mol. The van der Waals surface area contributed by atoms with Crippen LogP contribution in [0.5, 0.6) is 0 Å². The summed E-state index contributed by atoms with van der Waals surface area (Å²) in [5, 5.41) is 2.62. The Morgan fingerprint density at radius 1 is 1.08 bits per heavy atom. The van der Waals surface area contributed by atoms with Crippen LogP contribution in [-0.2, 0) is 14.8 Å². The second-order valence-electron chi connectivity index (χ2n) is 5.72. The summed E-state index contributed by atoms with van der Waals surface area (Å²) >= 11 is 0. The normalized spacial score (nSPS) is 11.0. The molecule has 0 aliphatic heterocycles. The lowest BCUT2D eigenvalue weighted by Crippen LogP contribution is -2.33. The minimum Gasteiger partial charge on any atom is -0.326 e. The van der Waals surface area contributed by atoms with Gasteiger partial charge in [0.25, 0.3) is 0 Å². The van der Waals surface area contributed by atoms with Gasteiger partial charge in [-0.05, 0) is 43.3 Å². The fraction of sp³-hybridized carbons (Fsp3) is 0.222. The van der Waals surface area contributed by atoms with Crippen LogP contribution in [0.25, 0.3) is 0 Å². The Morgan fingerprint density at radius 3 is 2.23 bits per heavy atom. The van der Waals surface area contributed by atoms with Crippen LogP contribution in [-0.4, -0.2) is 32.9 Å². The van der Waals surface area contributed by atoms with E-state index in [2.05, 4.69) is 5.32 Å². The van der Waals surface area contributed by atoms with Crippen molar-refractivity contribution in [3.8, 4) is 0 Å². The lowest BCUT2D eigenvalue weighted by atomic mass is 10.1. The first-order valence-corrected chi connectivity index (χ1v) is 9.66. The fourth-order valence-electron chi connectivity index (χ4n) is 2.33. The molecule has 0 unspecified atom stereocenters. The maximum Gasteiger partial charge on any atom is 0.232 e. The number of Topliss-reactive ketones (excluding diaryl/α,β-unsaturated/α-hetero) is 1. The van der Waals surface area contributed by atoms with E-state index in [0.717, 1.165) is 16.6 Å². The first kappa shape index (κ1) is 19.6. The Bertz CT molecular complexity index is 911. The van der Waals surface area contributed by atoms with E-state index < -0.39 is 21.7 Å². The Hall–Kier alpha value is -2.74. The number of benzene rings is 2. The van der Waals surface area contributed by atoms with E-state index in [9.17, 15) is 22.4 Å². The number of anilines is 2. The van der Waals surface area contributed by atoms with E-state index in [1.54, 1.807) is 24.3 Å². The van der Waals surface area contributed by atoms with Gasteiger partial charge in [-0.15, -0.1) is 0 Å². The number of halogens is 1. The lowest BCUT2D eigenvalue weighted by molar-refractivity contribution is -0.116. The molecule has 0 atom stereocenters. The standard InChI is InChI=1S/C18H19FN2O4S/c1-13(22)14-7-9-15(10-8-14)20-18(23)11-12-21(26(2,24)25)17-6-4-3-5-16(17)19/h3-10H,11-12H2,1-2H3,(H,20,23). The molecule has 0 aromatic heterocycles. The minimum absolute atomic E-state index is 0.0865. The van der Waals surface area contributed by atoms with E-state index in [0.29, 0.717) is 11.3 Å². The average molecular weight is 378 g/mol. The summed E-state index contributed by atoms with van der Waals surface area (Å²) in [5.41, 5.74) is 0.899. The van der Waals surface area contributed by atoms with Crippen molar-refractivity contribution < 1.29 is 22.4 Å². The van der Waals surface area contributed by atoms with E-state index in [1.165, 1.54) is 25.1 Å². The van der Waals surface area contributed by atoms with Gasteiger partial charge < -0.3 is 5.32 Å². The third-order valence-electron chi connectivity index (χ3n) is 3.64. The van der Waals surface area contributed by atoms with Crippen molar-refractivity contribution in [3.05, 3.63) is 59.9 Å². The van der Waals surface area contributed by atoms with Crippen molar-refractivity contribution in [1.29, 1.82) is 0 Å². The highest BCUT2D eigenvalue weighted by molar-refractivity contribution is 7.92. The van der Waals surface area contributed by atoms with Crippen molar-refractivity contribution in [1.82, 2.24) is 0 Å². The number of nitrogens with one attached hydrogen (secondary N) is 1. The van der Waals surface area contributed by atoms with Crippen LogP contribution in [0.3, 0.4) is 0 Å². The van der Waals surface area contributed by atoms with E-state index in [1.807, 2.05) is 0 Å². The highest BCUT2D eigenvalue weighted by atomic mass is 32.2. The van der Waals surface area contributed by atoms with Gasteiger partial charge in [-0.2, -0.15) is 0 Å². The number of sulfonamides is 1. The summed E-state index contributed by atoms with van der Waals surface area (Å²) in [6.07, 6.45) is 0.799. The van der Waals surface area contributed by atoms with Gasteiger partial charge in [-0.1, -0.05) is 12.1 Å². The molecule has 6 nitrogen and oxygen atoms in total. The zero-order chi connectivity index (χ0) is 19.3. The molecule has 26 heavy (non-hydrogen) atoms. The van der Waals surface area contributed by atoms with Gasteiger partial charge in [-0.25, -0.2) is 12.8 Å². The van der Waals surface area contributed by atoms with Gasteiger partial charge in [0.05, 0.1) is 11.9 Å². The molecular formula is C18H19FN2O4S. The topological polar surface area (TPSA) is 83.6 Å². The van der Waals surface area contributed by atoms with Crippen LogP contribution >= 0.6 is 0 Å². The predicted octanol–water partition coefficient (Wildman–Crippen LogP) is 2.82. The van der Waals surface area contributed by atoms with Gasteiger partial charge in [0, 0.05) is 24.2 Å². The van der Waals surface area contributed by atoms with Gasteiger partial charge in [0.15, 0.2) is 5.78 Å². The molecule has 0 aliphatic rings. The molecule has 0 radical (unpaired) electrons. The quantitative estimate of drug-likeness (QED) is 0.751. The molecule has 2 aromatic rings. The maximum absolute atomic E-state index is 13.9. The molecule has 0 heterocycles. The van der Waals surface area contributed by atoms with Crippen molar-refractivity contribution in [2.75, 3.05) is 22.4 Å². The van der Waals surface area contributed by atoms with E-state index in [-0.39, 0.29) is 24.4 Å². The molecule has 1 amide bonds. The van der Waals surface area contributed by atoms with E-state index in [4.69, 9.17) is 0 Å². The van der Waals surface area contributed by atoms with Crippen LogP contribution < -0.4 is 9.62 Å². The lowest BCUT2D eigenvalue weighted by Gasteiger charge is -2.22. The molecule has 0 fully saturated rings. The van der Waals surface area contributed by atoms with Gasteiger partial charge in [-0.3, -0.25) is 13.9 Å². The fourth-order valence-corrected chi connectivity index (χ4v) is 3.26. The first-order chi connectivity index (χ1) is 12.2. The summed E-state index contributed by atoms with van der Waals surface area (Å²) in [6, 6.07) is 11.8. The SMILES string of the molecule is CC(=O)c1ccc(NC(=O)CCN(c2ccccc2F)S(C)(=O)=O)cc1. The third-order valence-corrected chi connectivity index (χ3v) is 4.82. The van der Waals surface area contributed by atoms with Crippen LogP contribution in [0.2, 0.25) is 0 Å². The Labute approximate surface area is 151 Å². The van der Waals surface area contributed by atoms with Crippen LogP contribution in [0.1, 0.15) is 23.7 Å². The molecular weight excluding hydrogens is 359 g/mol. The number of nitrogens with zero attached hydrogens (tertiary/aromatic N) is 1. The van der Waals surface area contributed by atoms with Crippen LogP contribution in [0.4, 0.5) is 15.8 Å². The molecule has 0 aliphatic carbocycles. The highest BCUT2D eigenvalue weighted by Crippen LogP contribution is 2.21. The number of carbonyl (C=O) groups is 2. The van der Waals surface area contributed by atoms with Crippen molar-refractivity contribution >= 4 is 33.1 Å². The smallest absolute Gasteiger partial charge is 0.232 e. The average Bonchev–Trinajstić information content (AvgIpc) is 2.56. The molecule has 0 spiro atoms.